The van der Waals surface area contributed by atoms with Crippen LogP contribution in [0.3, 0.4) is 0 Å². The van der Waals surface area contributed by atoms with Gasteiger partial charge in [-0.05, 0) is 19.8 Å². The first-order valence-electron chi connectivity index (χ1n) is 6.33. The fourth-order valence-electron chi connectivity index (χ4n) is 2.15. The molecule has 1 unspecified atom stereocenters. The minimum atomic E-state index is 0.149. The van der Waals surface area contributed by atoms with Gasteiger partial charge in [-0.25, -0.2) is 4.98 Å². The van der Waals surface area contributed by atoms with Gasteiger partial charge in [-0.2, -0.15) is 0 Å². The minimum Gasteiger partial charge on any atom is -0.323 e. The monoisotopic (exact) mass is 246 g/mol. The Morgan fingerprint density at radius 2 is 2.28 bits per heavy atom. The Balaban J connectivity index is 1.78. The molecule has 1 saturated carbocycles. The Hall–Kier alpha value is -1.69. The van der Waals surface area contributed by atoms with Crippen molar-refractivity contribution in [1.82, 2.24) is 29.6 Å². The van der Waals surface area contributed by atoms with Crippen molar-refractivity contribution in [2.75, 3.05) is 0 Å². The molecule has 0 radical (unpaired) electrons. The first-order chi connectivity index (χ1) is 8.75. The van der Waals surface area contributed by atoms with E-state index in [0.717, 1.165) is 12.4 Å². The van der Waals surface area contributed by atoms with Crippen LogP contribution in [-0.4, -0.2) is 30.4 Å². The van der Waals surface area contributed by atoms with Gasteiger partial charge in [0.2, 0.25) is 0 Å². The molecule has 0 aliphatic heterocycles. The number of aryl methyl sites for hydroxylation is 1. The summed E-state index contributed by atoms with van der Waals surface area (Å²) < 4.78 is 4.10. The van der Waals surface area contributed by atoms with Crippen LogP contribution in [0.1, 0.15) is 37.3 Å². The molecule has 1 atom stereocenters. The number of aromatic nitrogens is 5. The minimum absolute atomic E-state index is 0.149. The summed E-state index contributed by atoms with van der Waals surface area (Å²) in [5, 5.41) is 11.6. The van der Waals surface area contributed by atoms with Gasteiger partial charge in [-0.15, -0.1) is 10.2 Å². The Labute approximate surface area is 106 Å². The van der Waals surface area contributed by atoms with E-state index in [0.29, 0.717) is 6.04 Å². The average Bonchev–Trinajstić information content (AvgIpc) is 2.90. The third-order valence-corrected chi connectivity index (χ3v) is 3.43. The van der Waals surface area contributed by atoms with Crippen LogP contribution in [-0.2, 0) is 13.6 Å². The lowest BCUT2D eigenvalue weighted by atomic mass is 10.3. The Morgan fingerprint density at radius 1 is 1.44 bits per heavy atom. The molecule has 6 heteroatoms. The van der Waals surface area contributed by atoms with Crippen LogP contribution >= 0.6 is 0 Å². The molecule has 2 heterocycles. The van der Waals surface area contributed by atoms with Gasteiger partial charge in [0.1, 0.15) is 6.33 Å². The van der Waals surface area contributed by atoms with E-state index in [9.17, 15) is 0 Å². The quantitative estimate of drug-likeness (QED) is 0.850. The fourth-order valence-corrected chi connectivity index (χ4v) is 2.15. The number of imidazole rings is 1. The Morgan fingerprint density at radius 3 is 2.94 bits per heavy atom. The third-order valence-electron chi connectivity index (χ3n) is 3.43. The Kier molecular flexibility index (Phi) is 2.87. The predicted octanol–water partition coefficient (Wildman–Crippen LogP) is 0.873. The number of nitrogens with one attached hydrogen (secondary N) is 1. The van der Waals surface area contributed by atoms with Crippen LogP contribution in [0.5, 0.6) is 0 Å². The average molecular weight is 246 g/mol. The van der Waals surface area contributed by atoms with Crippen molar-refractivity contribution in [2.45, 2.75) is 38.4 Å². The second kappa shape index (κ2) is 4.53. The van der Waals surface area contributed by atoms with Crippen molar-refractivity contribution in [1.29, 1.82) is 0 Å². The molecule has 2 aromatic heterocycles. The standard InChI is InChI=1S/C12H18N6/c1-9(12-16-15-8-17(12)2)18-7-13-5-11(18)6-14-10-3-4-10/h5,7-10,14H,3-4,6H2,1-2H3. The lowest BCUT2D eigenvalue weighted by Crippen LogP contribution is -2.20. The van der Waals surface area contributed by atoms with E-state index in [4.69, 9.17) is 0 Å². The summed E-state index contributed by atoms with van der Waals surface area (Å²) >= 11 is 0. The molecule has 1 N–H and O–H groups in total. The van der Waals surface area contributed by atoms with Gasteiger partial charge in [0.15, 0.2) is 5.82 Å². The lowest BCUT2D eigenvalue weighted by Gasteiger charge is -2.16. The second-order valence-corrected chi connectivity index (χ2v) is 4.92. The maximum atomic E-state index is 4.25. The lowest BCUT2D eigenvalue weighted by molar-refractivity contribution is 0.536. The maximum Gasteiger partial charge on any atom is 0.155 e. The summed E-state index contributed by atoms with van der Waals surface area (Å²) in [5.41, 5.74) is 1.19. The van der Waals surface area contributed by atoms with Gasteiger partial charge in [-0.1, -0.05) is 0 Å². The third kappa shape index (κ3) is 2.15. The van der Waals surface area contributed by atoms with Gasteiger partial charge in [0.05, 0.1) is 18.1 Å². The molecule has 0 amide bonds. The highest BCUT2D eigenvalue weighted by molar-refractivity contribution is 5.06. The van der Waals surface area contributed by atoms with Gasteiger partial charge in [0, 0.05) is 25.8 Å². The van der Waals surface area contributed by atoms with Crippen molar-refractivity contribution < 1.29 is 0 Å². The van der Waals surface area contributed by atoms with E-state index >= 15 is 0 Å². The van der Waals surface area contributed by atoms with Crippen molar-refractivity contribution in [3.63, 3.8) is 0 Å². The van der Waals surface area contributed by atoms with E-state index in [1.54, 1.807) is 6.33 Å². The summed E-state index contributed by atoms with van der Waals surface area (Å²) in [7, 11) is 1.96. The van der Waals surface area contributed by atoms with Crippen LogP contribution in [0.15, 0.2) is 18.9 Å². The maximum absolute atomic E-state index is 4.25. The first kappa shape index (κ1) is 11.4. The van der Waals surface area contributed by atoms with Crippen molar-refractivity contribution in [3.05, 3.63) is 30.4 Å². The zero-order valence-electron chi connectivity index (χ0n) is 10.7. The topological polar surface area (TPSA) is 60.6 Å². The molecule has 0 saturated heterocycles. The number of rotatable bonds is 5. The summed E-state index contributed by atoms with van der Waals surface area (Å²) in [6.45, 7) is 2.99. The SMILES string of the molecule is CC(c1nncn1C)n1cncc1CNC1CC1. The van der Waals surface area contributed by atoms with Gasteiger partial charge in [-0.3, -0.25) is 0 Å². The van der Waals surface area contributed by atoms with E-state index in [-0.39, 0.29) is 6.04 Å². The normalized spacial score (nSPS) is 17.0. The highest BCUT2D eigenvalue weighted by atomic mass is 15.3. The summed E-state index contributed by atoms with van der Waals surface area (Å²) in [5.74, 6) is 0.945. The van der Waals surface area contributed by atoms with Crippen LogP contribution in [0.4, 0.5) is 0 Å². The zero-order valence-corrected chi connectivity index (χ0v) is 10.7. The van der Waals surface area contributed by atoms with E-state index in [2.05, 4.69) is 32.0 Å². The smallest absolute Gasteiger partial charge is 0.155 e. The van der Waals surface area contributed by atoms with Crippen LogP contribution in [0.25, 0.3) is 0 Å². The molecule has 3 rings (SSSR count). The molecule has 6 nitrogen and oxygen atoms in total. The van der Waals surface area contributed by atoms with Crippen LogP contribution < -0.4 is 5.32 Å². The highest BCUT2D eigenvalue weighted by Gasteiger charge is 2.22. The zero-order chi connectivity index (χ0) is 12.5. The van der Waals surface area contributed by atoms with Crippen molar-refractivity contribution in [2.24, 2.45) is 7.05 Å². The molecule has 0 bridgehead atoms. The largest absolute Gasteiger partial charge is 0.323 e. The number of hydrogen-bond acceptors (Lipinski definition) is 4. The molecule has 1 aliphatic rings. The van der Waals surface area contributed by atoms with E-state index < -0.39 is 0 Å². The van der Waals surface area contributed by atoms with Crippen molar-refractivity contribution >= 4 is 0 Å². The van der Waals surface area contributed by atoms with Gasteiger partial charge >= 0.3 is 0 Å². The summed E-state index contributed by atoms with van der Waals surface area (Å²) in [6, 6.07) is 0.856. The predicted molar refractivity (Wildman–Crippen MR) is 66.9 cm³/mol. The van der Waals surface area contributed by atoms with Crippen molar-refractivity contribution in [3.8, 4) is 0 Å². The van der Waals surface area contributed by atoms with Gasteiger partial charge < -0.3 is 14.5 Å². The van der Waals surface area contributed by atoms with E-state index in [1.807, 2.05) is 24.1 Å². The van der Waals surface area contributed by atoms with Crippen LogP contribution in [0.2, 0.25) is 0 Å². The molecule has 0 spiro atoms. The molecule has 0 aromatic carbocycles. The van der Waals surface area contributed by atoms with Crippen LogP contribution in [0, 0.1) is 0 Å². The van der Waals surface area contributed by atoms with E-state index in [1.165, 1.54) is 18.5 Å². The molecule has 96 valence electrons. The highest BCUT2D eigenvalue weighted by Crippen LogP contribution is 2.21. The molecular weight excluding hydrogens is 228 g/mol. The number of nitrogens with zero attached hydrogens (tertiary/aromatic N) is 5. The van der Waals surface area contributed by atoms with Gasteiger partial charge in [0.25, 0.3) is 0 Å². The summed E-state index contributed by atoms with van der Waals surface area (Å²) in [6.07, 6.45) is 8.11. The molecule has 18 heavy (non-hydrogen) atoms. The first-order valence-corrected chi connectivity index (χ1v) is 6.33. The molecular formula is C12H18N6. The second-order valence-electron chi connectivity index (χ2n) is 4.92. The number of hydrogen-bond donors (Lipinski definition) is 1. The fraction of sp³-hybridized carbons (Fsp3) is 0.583. The molecule has 1 fully saturated rings. The molecule has 1 aliphatic carbocycles. The Bertz CT molecular complexity index is 524. The molecule has 2 aromatic rings. The summed E-state index contributed by atoms with van der Waals surface area (Å²) in [4.78, 5) is 4.25.